The third-order valence-corrected chi connectivity index (χ3v) is 4.87. The lowest BCUT2D eigenvalue weighted by Gasteiger charge is -2.09. The minimum Gasteiger partial charge on any atom is -0.489 e. The van der Waals surface area contributed by atoms with Crippen LogP contribution in [0.25, 0.3) is 0 Å². The van der Waals surface area contributed by atoms with Crippen molar-refractivity contribution in [2.45, 2.75) is 37.2 Å². The van der Waals surface area contributed by atoms with Gasteiger partial charge in [-0.1, -0.05) is 11.6 Å². The van der Waals surface area contributed by atoms with Crippen LogP contribution in [0.5, 0.6) is 5.75 Å². The van der Waals surface area contributed by atoms with E-state index in [-0.39, 0.29) is 11.0 Å². The van der Waals surface area contributed by atoms with Crippen molar-refractivity contribution in [1.29, 1.82) is 0 Å². The Kier molecular flexibility index (Phi) is 4.90. The first-order valence-corrected chi connectivity index (χ1v) is 8.49. The molecule has 1 aliphatic heterocycles. The lowest BCUT2D eigenvalue weighted by molar-refractivity contribution is 0.255. The summed E-state index contributed by atoms with van der Waals surface area (Å²) >= 11 is 6.10. The van der Waals surface area contributed by atoms with Gasteiger partial charge in [0.1, 0.15) is 11.9 Å². The van der Waals surface area contributed by atoms with Crippen molar-refractivity contribution in [2.75, 3.05) is 13.1 Å². The SMILES string of the molecule is CC1Cc2cc(S(=O)(=O)NCCCCN)cc(Cl)c2O1. The zero-order valence-electron chi connectivity index (χ0n) is 11.4. The summed E-state index contributed by atoms with van der Waals surface area (Å²) in [6, 6.07) is 3.07. The Balaban J connectivity index is 2.17. The first-order chi connectivity index (χ1) is 9.44. The predicted molar refractivity (Wildman–Crippen MR) is 78.7 cm³/mol. The van der Waals surface area contributed by atoms with Crippen molar-refractivity contribution in [1.82, 2.24) is 4.72 Å². The number of hydrogen-bond donors (Lipinski definition) is 2. The van der Waals surface area contributed by atoms with Crippen LogP contribution in [0.3, 0.4) is 0 Å². The van der Waals surface area contributed by atoms with E-state index < -0.39 is 10.0 Å². The molecule has 0 fully saturated rings. The van der Waals surface area contributed by atoms with E-state index in [1.54, 1.807) is 6.07 Å². The fraction of sp³-hybridized carbons (Fsp3) is 0.538. The first-order valence-electron chi connectivity index (χ1n) is 6.63. The largest absolute Gasteiger partial charge is 0.489 e. The van der Waals surface area contributed by atoms with Gasteiger partial charge in [0.2, 0.25) is 10.0 Å². The van der Waals surface area contributed by atoms with Gasteiger partial charge in [-0.2, -0.15) is 0 Å². The summed E-state index contributed by atoms with van der Waals surface area (Å²) in [4.78, 5) is 0.187. The van der Waals surface area contributed by atoms with Gasteiger partial charge in [-0.3, -0.25) is 0 Å². The summed E-state index contributed by atoms with van der Waals surface area (Å²) in [7, 11) is -3.53. The normalized spacial score (nSPS) is 17.9. The molecular formula is C13H19ClN2O3S. The van der Waals surface area contributed by atoms with Crippen LogP contribution in [0.1, 0.15) is 25.3 Å². The number of rotatable bonds is 6. The second-order valence-electron chi connectivity index (χ2n) is 4.92. The van der Waals surface area contributed by atoms with Gasteiger partial charge in [0.15, 0.2) is 0 Å². The molecule has 0 spiro atoms. The molecule has 0 aliphatic carbocycles. The third-order valence-electron chi connectivity index (χ3n) is 3.15. The second-order valence-corrected chi connectivity index (χ2v) is 7.09. The number of nitrogens with two attached hydrogens (primary N) is 1. The van der Waals surface area contributed by atoms with Gasteiger partial charge in [0.05, 0.1) is 9.92 Å². The molecule has 0 saturated carbocycles. The monoisotopic (exact) mass is 318 g/mol. The van der Waals surface area contributed by atoms with E-state index in [2.05, 4.69) is 4.72 Å². The van der Waals surface area contributed by atoms with Crippen molar-refractivity contribution in [3.63, 3.8) is 0 Å². The van der Waals surface area contributed by atoms with E-state index in [0.717, 1.165) is 12.0 Å². The molecule has 0 aromatic heterocycles. The number of halogens is 1. The first kappa shape index (κ1) is 15.6. The second kappa shape index (κ2) is 6.30. The Labute approximate surface area is 124 Å². The summed E-state index contributed by atoms with van der Waals surface area (Å²) in [5.41, 5.74) is 6.22. The zero-order valence-corrected chi connectivity index (χ0v) is 12.9. The Morgan fingerprint density at radius 3 is 2.90 bits per heavy atom. The molecule has 1 unspecified atom stereocenters. The van der Waals surface area contributed by atoms with E-state index in [1.165, 1.54) is 6.07 Å². The number of sulfonamides is 1. The molecule has 2 rings (SSSR count). The maximum absolute atomic E-state index is 12.2. The van der Waals surface area contributed by atoms with Crippen molar-refractivity contribution in [2.24, 2.45) is 5.73 Å². The Morgan fingerprint density at radius 2 is 2.20 bits per heavy atom. The molecule has 7 heteroatoms. The number of benzene rings is 1. The minimum atomic E-state index is -3.53. The molecule has 0 bridgehead atoms. The van der Waals surface area contributed by atoms with Crippen LogP contribution in [0.15, 0.2) is 17.0 Å². The van der Waals surface area contributed by atoms with Gasteiger partial charge >= 0.3 is 0 Å². The number of ether oxygens (including phenoxy) is 1. The van der Waals surface area contributed by atoms with Crippen molar-refractivity contribution in [3.8, 4) is 5.75 Å². The van der Waals surface area contributed by atoms with Crippen LogP contribution in [0, 0.1) is 0 Å². The van der Waals surface area contributed by atoms with Crippen molar-refractivity contribution >= 4 is 21.6 Å². The van der Waals surface area contributed by atoms with Crippen molar-refractivity contribution < 1.29 is 13.2 Å². The highest BCUT2D eigenvalue weighted by Gasteiger charge is 2.25. The average Bonchev–Trinajstić information content (AvgIpc) is 2.76. The lowest BCUT2D eigenvalue weighted by atomic mass is 10.1. The summed E-state index contributed by atoms with van der Waals surface area (Å²) in [5.74, 6) is 0.598. The Morgan fingerprint density at radius 1 is 1.45 bits per heavy atom. The molecular weight excluding hydrogens is 300 g/mol. The van der Waals surface area contributed by atoms with Crippen LogP contribution >= 0.6 is 11.6 Å². The zero-order chi connectivity index (χ0) is 14.8. The lowest BCUT2D eigenvalue weighted by Crippen LogP contribution is -2.25. The number of hydrogen-bond acceptors (Lipinski definition) is 4. The maximum Gasteiger partial charge on any atom is 0.240 e. The molecule has 1 aromatic rings. The molecule has 1 heterocycles. The fourth-order valence-corrected chi connectivity index (χ4v) is 3.67. The Hall–Kier alpha value is -0.820. The van der Waals surface area contributed by atoms with Gasteiger partial charge in [0.25, 0.3) is 0 Å². The molecule has 1 aromatic carbocycles. The topological polar surface area (TPSA) is 81.4 Å². The van der Waals surface area contributed by atoms with Gasteiger partial charge < -0.3 is 10.5 Å². The molecule has 5 nitrogen and oxygen atoms in total. The van der Waals surface area contributed by atoms with Crippen molar-refractivity contribution in [3.05, 3.63) is 22.7 Å². The summed E-state index contributed by atoms with van der Waals surface area (Å²) in [6.07, 6.45) is 2.21. The van der Waals surface area contributed by atoms with Gasteiger partial charge in [-0.25, -0.2) is 13.1 Å². The molecule has 112 valence electrons. The van der Waals surface area contributed by atoms with E-state index in [4.69, 9.17) is 22.1 Å². The van der Waals surface area contributed by atoms with Crippen LogP contribution in [0.4, 0.5) is 0 Å². The maximum atomic E-state index is 12.2. The van der Waals surface area contributed by atoms with Crippen LogP contribution < -0.4 is 15.2 Å². The van der Waals surface area contributed by atoms with E-state index in [1.807, 2.05) is 6.92 Å². The summed E-state index contributed by atoms with van der Waals surface area (Å²) in [6.45, 7) is 2.86. The van der Waals surface area contributed by atoms with E-state index in [0.29, 0.717) is 36.7 Å². The number of nitrogens with one attached hydrogen (secondary N) is 1. The number of unbranched alkanes of at least 4 members (excludes halogenated alkanes) is 1. The van der Waals surface area contributed by atoms with Gasteiger partial charge in [-0.05, 0) is 38.4 Å². The van der Waals surface area contributed by atoms with Gasteiger partial charge in [0, 0.05) is 18.5 Å². The average molecular weight is 319 g/mol. The molecule has 1 atom stereocenters. The summed E-state index contributed by atoms with van der Waals surface area (Å²) in [5, 5.41) is 0.342. The molecule has 0 radical (unpaired) electrons. The standard InChI is InChI=1S/C13H19ClN2O3S/c1-9-6-10-7-11(8-12(14)13(10)19-9)20(17,18)16-5-3-2-4-15/h7-9,16H,2-6,15H2,1H3. The van der Waals surface area contributed by atoms with E-state index >= 15 is 0 Å². The van der Waals surface area contributed by atoms with Crippen LogP contribution in [-0.2, 0) is 16.4 Å². The highest BCUT2D eigenvalue weighted by molar-refractivity contribution is 7.89. The molecule has 3 N–H and O–H groups in total. The van der Waals surface area contributed by atoms with Crippen LogP contribution in [-0.4, -0.2) is 27.6 Å². The highest BCUT2D eigenvalue weighted by atomic mass is 35.5. The smallest absolute Gasteiger partial charge is 0.240 e. The van der Waals surface area contributed by atoms with E-state index in [9.17, 15) is 8.42 Å². The Bertz CT molecular complexity index is 590. The third kappa shape index (κ3) is 3.44. The number of fused-ring (bicyclic) bond motifs is 1. The predicted octanol–water partition coefficient (Wildman–Crippen LogP) is 1.68. The summed E-state index contributed by atoms with van der Waals surface area (Å²) < 4.78 is 32.5. The molecule has 0 saturated heterocycles. The highest BCUT2D eigenvalue weighted by Crippen LogP contribution is 2.37. The fourth-order valence-electron chi connectivity index (χ4n) is 2.17. The van der Waals surface area contributed by atoms with Crippen LogP contribution in [0.2, 0.25) is 5.02 Å². The quantitative estimate of drug-likeness (QED) is 0.782. The molecule has 0 amide bonds. The molecule has 1 aliphatic rings. The van der Waals surface area contributed by atoms with Gasteiger partial charge in [-0.15, -0.1) is 0 Å². The molecule has 20 heavy (non-hydrogen) atoms. The minimum absolute atomic E-state index is 0.0259.